The predicted molar refractivity (Wildman–Crippen MR) is 137 cm³/mol. The number of benzene rings is 1. The van der Waals surface area contributed by atoms with E-state index in [1.54, 1.807) is 7.05 Å². The highest BCUT2D eigenvalue weighted by molar-refractivity contribution is 8.01. The lowest BCUT2D eigenvalue weighted by Crippen LogP contribution is -2.57. The van der Waals surface area contributed by atoms with Gasteiger partial charge in [0.1, 0.15) is 40.7 Å². The van der Waals surface area contributed by atoms with Gasteiger partial charge in [0.25, 0.3) is 0 Å². The van der Waals surface area contributed by atoms with Crippen LogP contribution >= 0.6 is 11.8 Å². The molecule has 0 aliphatic carbocycles. The third kappa shape index (κ3) is 7.11. The Bertz CT molecular complexity index is 1150. The van der Waals surface area contributed by atoms with Gasteiger partial charge in [-0.2, -0.15) is 0 Å². The number of aliphatic hydroxyl groups is 4. The number of aliphatic hydroxyl groups excluding tert-OH is 3. The van der Waals surface area contributed by atoms with Crippen LogP contribution in [0.2, 0.25) is 0 Å². The fourth-order valence-corrected chi connectivity index (χ4v) is 5.83. The van der Waals surface area contributed by atoms with E-state index in [-0.39, 0.29) is 16.7 Å². The predicted octanol–water partition coefficient (Wildman–Crippen LogP) is 1.72. The molecule has 10 nitrogen and oxygen atoms in total. The Hall–Kier alpha value is -2.23. The Morgan fingerprint density at radius 3 is 2.26 bits per heavy atom. The molecule has 1 aliphatic heterocycles. The average molecular weight is 577 g/mol. The molecule has 4 N–H and O–H groups in total. The maximum atomic E-state index is 13.7. The summed E-state index contributed by atoms with van der Waals surface area (Å²) in [6, 6.07) is 0.188. The molecule has 39 heavy (non-hydrogen) atoms. The SMILES string of the molecule is CN(CC(C)(C)C)C(=O)[C@@H](S[C@@H]1O[C@H](CO)[C@H](O)[C@H](n2cc(-c3cc(F)c(F)c(F)c3)nn2)[C@H]1O)C(C)(C)O. The average Bonchev–Trinajstić information content (AvgIpc) is 3.29. The van der Waals surface area contributed by atoms with Crippen molar-refractivity contribution in [3.05, 3.63) is 35.8 Å². The molecule has 2 heterocycles. The zero-order chi connectivity index (χ0) is 29.4. The van der Waals surface area contributed by atoms with Gasteiger partial charge in [0.05, 0.1) is 18.4 Å². The first kappa shape index (κ1) is 31.3. The fourth-order valence-electron chi connectivity index (χ4n) is 4.40. The Morgan fingerprint density at radius 2 is 1.74 bits per heavy atom. The molecule has 1 aromatic heterocycles. The molecule has 6 atom stereocenters. The summed E-state index contributed by atoms with van der Waals surface area (Å²) < 4.78 is 47.7. The minimum Gasteiger partial charge on any atom is -0.394 e. The van der Waals surface area contributed by atoms with Crippen LogP contribution in [-0.4, -0.2) is 101 Å². The molecule has 14 heteroatoms. The number of hydrogen-bond acceptors (Lipinski definition) is 9. The zero-order valence-electron chi connectivity index (χ0n) is 22.5. The maximum Gasteiger partial charge on any atom is 0.238 e. The topological polar surface area (TPSA) is 141 Å². The molecule has 3 rings (SSSR count). The Kier molecular flexibility index (Phi) is 9.40. The van der Waals surface area contributed by atoms with Crippen molar-refractivity contribution >= 4 is 17.7 Å². The minimum absolute atomic E-state index is 0.0724. The normalized spacial score (nSPS) is 25.0. The number of nitrogens with zero attached hydrogens (tertiary/aromatic N) is 4. The van der Waals surface area contributed by atoms with Crippen LogP contribution in [0.1, 0.15) is 40.7 Å². The molecule has 0 spiro atoms. The monoisotopic (exact) mass is 576 g/mol. The van der Waals surface area contributed by atoms with E-state index in [2.05, 4.69) is 10.3 Å². The van der Waals surface area contributed by atoms with Gasteiger partial charge in [-0.25, -0.2) is 17.9 Å². The van der Waals surface area contributed by atoms with E-state index in [4.69, 9.17) is 4.74 Å². The third-order valence-electron chi connectivity index (χ3n) is 6.17. The van der Waals surface area contributed by atoms with Crippen molar-refractivity contribution < 1.29 is 43.1 Å². The highest BCUT2D eigenvalue weighted by Gasteiger charge is 2.49. The van der Waals surface area contributed by atoms with Crippen molar-refractivity contribution in [2.45, 2.75) is 75.3 Å². The van der Waals surface area contributed by atoms with Gasteiger partial charge in [0.15, 0.2) is 17.5 Å². The zero-order valence-corrected chi connectivity index (χ0v) is 23.4. The second-order valence-corrected chi connectivity index (χ2v) is 12.7. The van der Waals surface area contributed by atoms with E-state index in [9.17, 15) is 38.4 Å². The van der Waals surface area contributed by atoms with Gasteiger partial charge in [0.2, 0.25) is 5.91 Å². The smallest absolute Gasteiger partial charge is 0.238 e. The van der Waals surface area contributed by atoms with Gasteiger partial charge in [-0.15, -0.1) is 16.9 Å². The summed E-state index contributed by atoms with van der Waals surface area (Å²) in [5.74, 6) is -4.91. The van der Waals surface area contributed by atoms with E-state index < -0.39 is 70.6 Å². The van der Waals surface area contributed by atoms with Crippen molar-refractivity contribution in [1.29, 1.82) is 0 Å². The minimum atomic E-state index is -1.64. The van der Waals surface area contributed by atoms with Gasteiger partial charge < -0.3 is 30.1 Å². The van der Waals surface area contributed by atoms with E-state index >= 15 is 0 Å². The first-order valence-corrected chi connectivity index (χ1v) is 13.2. The molecule has 0 unspecified atom stereocenters. The summed E-state index contributed by atoms with van der Waals surface area (Å²) in [6.07, 6.45) is -3.05. The summed E-state index contributed by atoms with van der Waals surface area (Å²) in [6.45, 7) is 8.50. The van der Waals surface area contributed by atoms with Gasteiger partial charge in [-0.3, -0.25) is 4.79 Å². The highest BCUT2D eigenvalue weighted by Crippen LogP contribution is 2.40. The van der Waals surface area contributed by atoms with Crippen molar-refractivity contribution in [2.24, 2.45) is 5.41 Å². The Balaban J connectivity index is 1.92. The summed E-state index contributed by atoms with van der Waals surface area (Å²) in [4.78, 5) is 14.8. The third-order valence-corrected chi connectivity index (χ3v) is 7.88. The molecule has 1 aliphatic rings. The number of carbonyl (C=O) groups excluding carboxylic acids is 1. The van der Waals surface area contributed by atoms with Crippen molar-refractivity contribution in [3.8, 4) is 11.3 Å². The molecular weight excluding hydrogens is 541 g/mol. The second kappa shape index (κ2) is 11.7. The summed E-state index contributed by atoms with van der Waals surface area (Å²) in [5.41, 5.74) is -3.19. The largest absolute Gasteiger partial charge is 0.394 e. The van der Waals surface area contributed by atoms with Crippen LogP contribution < -0.4 is 0 Å². The lowest BCUT2D eigenvalue weighted by Gasteiger charge is -2.44. The molecule has 1 fully saturated rings. The number of rotatable bonds is 8. The second-order valence-electron chi connectivity index (χ2n) is 11.5. The molecule has 0 bridgehead atoms. The molecular formula is C25H35F3N4O6S. The lowest BCUT2D eigenvalue weighted by atomic mass is 9.95. The van der Waals surface area contributed by atoms with E-state index in [1.165, 1.54) is 24.9 Å². The number of ether oxygens (including phenoxy) is 1. The molecule has 2 aromatic rings. The maximum absolute atomic E-state index is 13.7. The Morgan fingerprint density at radius 1 is 1.15 bits per heavy atom. The van der Waals surface area contributed by atoms with Crippen molar-refractivity contribution in [2.75, 3.05) is 20.2 Å². The molecule has 1 aromatic carbocycles. The fraction of sp³-hybridized carbons (Fsp3) is 0.640. The van der Waals surface area contributed by atoms with Crippen LogP contribution in [0.4, 0.5) is 13.2 Å². The number of halogens is 3. The van der Waals surface area contributed by atoms with Crippen LogP contribution in [0, 0.1) is 22.9 Å². The molecule has 1 saturated heterocycles. The summed E-state index contributed by atoms with van der Waals surface area (Å²) in [5, 5.41) is 49.4. The number of carbonyl (C=O) groups is 1. The number of amides is 1. The number of aromatic nitrogens is 3. The first-order chi connectivity index (χ1) is 17.9. The molecule has 1 amide bonds. The number of thioether (sulfide) groups is 1. The van der Waals surface area contributed by atoms with E-state index in [0.717, 1.165) is 28.6 Å². The lowest BCUT2D eigenvalue weighted by molar-refractivity contribution is -0.179. The van der Waals surface area contributed by atoms with Crippen molar-refractivity contribution in [3.63, 3.8) is 0 Å². The van der Waals surface area contributed by atoms with Crippen LogP contribution in [0.15, 0.2) is 18.3 Å². The van der Waals surface area contributed by atoms with Crippen LogP contribution in [0.3, 0.4) is 0 Å². The molecule has 0 radical (unpaired) electrons. The van der Waals surface area contributed by atoms with Crippen molar-refractivity contribution in [1.82, 2.24) is 19.9 Å². The standard InChI is InChI=1S/C25H35F3N4O6S/c1-24(2,3)11-31(6)22(36)21(25(4,5)37)39-23-20(35)18(19(34)16(10-33)38-23)32-9-15(29-30-32)12-7-13(26)17(28)14(27)8-12/h7-9,16,18-21,23,33-35,37H,10-11H2,1-6H3/t16-,18+,19+,20-,21-,23+/m1/s1. The molecule has 218 valence electrons. The quantitative estimate of drug-likeness (QED) is 0.346. The van der Waals surface area contributed by atoms with Gasteiger partial charge in [0, 0.05) is 19.2 Å². The van der Waals surface area contributed by atoms with E-state index in [0.29, 0.717) is 6.54 Å². The molecule has 0 saturated carbocycles. The summed E-state index contributed by atoms with van der Waals surface area (Å²) >= 11 is 0.833. The van der Waals surface area contributed by atoms with Gasteiger partial charge in [-0.05, 0) is 31.4 Å². The van der Waals surface area contributed by atoms with Gasteiger partial charge in [-0.1, -0.05) is 26.0 Å². The van der Waals surface area contributed by atoms with Crippen LogP contribution in [0.25, 0.3) is 11.3 Å². The summed E-state index contributed by atoms with van der Waals surface area (Å²) in [7, 11) is 1.60. The van der Waals surface area contributed by atoms with Gasteiger partial charge >= 0.3 is 0 Å². The van der Waals surface area contributed by atoms with Crippen LogP contribution in [-0.2, 0) is 9.53 Å². The Labute approximate surface area is 228 Å². The number of hydrogen-bond donors (Lipinski definition) is 4. The van der Waals surface area contributed by atoms with E-state index in [1.807, 2.05) is 20.8 Å². The highest BCUT2D eigenvalue weighted by atomic mass is 32.2. The first-order valence-electron chi connectivity index (χ1n) is 12.3. The van der Waals surface area contributed by atoms with Crippen LogP contribution in [0.5, 0.6) is 0 Å².